The van der Waals surface area contributed by atoms with Gasteiger partial charge < -0.3 is 9.72 Å². The fourth-order valence-corrected chi connectivity index (χ4v) is 6.81. The van der Waals surface area contributed by atoms with Crippen molar-refractivity contribution < 1.29 is 9.18 Å². The summed E-state index contributed by atoms with van der Waals surface area (Å²) in [5.74, 6) is 1.02. The fraction of sp³-hybridized carbons (Fsp3) is 0.444. The minimum Gasteiger partial charge on any atom is -0.348 e. The molecule has 1 saturated heterocycles. The van der Waals surface area contributed by atoms with Crippen molar-refractivity contribution in [3.63, 3.8) is 0 Å². The Morgan fingerprint density at radius 3 is 2.55 bits per heavy atom. The molecule has 1 amide bonds. The Labute approximate surface area is 222 Å². The molecule has 38 heavy (non-hydrogen) atoms. The van der Waals surface area contributed by atoms with E-state index in [-0.39, 0.29) is 40.8 Å². The number of halogens is 1. The highest BCUT2D eigenvalue weighted by Crippen LogP contribution is 2.30. The lowest BCUT2D eigenvalue weighted by Crippen LogP contribution is -2.46. The van der Waals surface area contributed by atoms with E-state index in [4.69, 9.17) is 0 Å². The molecule has 11 heteroatoms. The molecular weight excluding hydrogens is 507 g/mol. The van der Waals surface area contributed by atoms with E-state index in [1.807, 2.05) is 41.4 Å². The van der Waals surface area contributed by atoms with Crippen LogP contribution in [0.5, 0.6) is 0 Å². The minimum absolute atomic E-state index is 0.0686. The summed E-state index contributed by atoms with van der Waals surface area (Å²) in [6.45, 7) is 1.98. The summed E-state index contributed by atoms with van der Waals surface area (Å²) < 4.78 is 18.9. The molecule has 6 rings (SSSR count). The van der Waals surface area contributed by atoms with Crippen molar-refractivity contribution in [1.29, 1.82) is 0 Å². The smallest absolute Gasteiger partial charge is 0.333 e. The second kappa shape index (κ2) is 10.0. The molecule has 0 bridgehead atoms. The minimum atomic E-state index is -0.598. The number of nitrogens with one attached hydrogen (secondary N) is 1. The molecule has 0 atom stereocenters. The number of amides is 1. The highest BCUT2D eigenvalue weighted by molar-refractivity contribution is 7.99. The van der Waals surface area contributed by atoms with E-state index in [1.165, 1.54) is 10.6 Å². The van der Waals surface area contributed by atoms with Crippen molar-refractivity contribution >= 4 is 34.3 Å². The van der Waals surface area contributed by atoms with E-state index in [2.05, 4.69) is 15.3 Å². The van der Waals surface area contributed by atoms with Gasteiger partial charge in [-0.05, 0) is 80.7 Å². The van der Waals surface area contributed by atoms with Gasteiger partial charge in [0.25, 0.3) is 11.5 Å². The second-order valence-corrected chi connectivity index (χ2v) is 11.5. The zero-order valence-corrected chi connectivity index (χ0v) is 21.9. The van der Waals surface area contributed by atoms with Crippen molar-refractivity contribution in [2.75, 3.05) is 11.5 Å². The van der Waals surface area contributed by atoms with E-state index in [1.54, 1.807) is 10.8 Å². The maximum Gasteiger partial charge on any atom is 0.333 e. The summed E-state index contributed by atoms with van der Waals surface area (Å²) in [5, 5.41) is 3.20. The quantitative estimate of drug-likeness (QED) is 0.427. The normalized spacial score (nSPS) is 20.7. The fourth-order valence-electron chi connectivity index (χ4n) is 5.73. The Balaban J connectivity index is 1.24. The van der Waals surface area contributed by atoms with Crippen LogP contribution in [0, 0.1) is 12.7 Å². The van der Waals surface area contributed by atoms with Gasteiger partial charge in [-0.25, -0.2) is 19.2 Å². The third-order valence-electron chi connectivity index (χ3n) is 7.72. The Kier molecular flexibility index (Phi) is 6.55. The molecule has 0 radical (unpaired) electrons. The van der Waals surface area contributed by atoms with E-state index >= 15 is 0 Å². The number of hydrogen-bond acceptors (Lipinski definition) is 6. The summed E-state index contributed by atoms with van der Waals surface area (Å²) in [4.78, 5) is 48.7. The molecule has 1 N–H and O–H groups in total. The Hall–Kier alpha value is -3.47. The van der Waals surface area contributed by atoms with Crippen LogP contribution < -0.4 is 16.6 Å². The van der Waals surface area contributed by atoms with Gasteiger partial charge in [-0.3, -0.25) is 18.7 Å². The number of aryl methyl sites for hydroxylation is 1. The third kappa shape index (κ3) is 4.53. The van der Waals surface area contributed by atoms with Crippen molar-refractivity contribution in [2.45, 2.75) is 63.6 Å². The summed E-state index contributed by atoms with van der Waals surface area (Å²) in [6, 6.07) is 4.59. The molecule has 0 unspecified atom stereocenters. The van der Waals surface area contributed by atoms with Crippen molar-refractivity contribution in [3.05, 3.63) is 74.7 Å². The lowest BCUT2D eigenvalue weighted by molar-refractivity contribution is 0.0917. The maximum absolute atomic E-state index is 14.1. The van der Waals surface area contributed by atoms with Crippen LogP contribution in [0.4, 0.5) is 4.39 Å². The van der Waals surface area contributed by atoms with Crippen LogP contribution in [0.1, 0.15) is 66.7 Å². The standard InChI is InChI=1S/C27H29FN6O3S/c1-16-6-9-32-15-22(31-23(32)12-16)25(35)30-18-2-4-19(5-3-18)34-26(36)21-13-17(28)14-29-24(21)33(27(34)37)20-7-10-38-11-8-20/h6,9,12-15,18-20H,2-5,7-8,10-11H2,1H3,(H,30,35). The number of imidazole rings is 1. The first-order chi connectivity index (χ1) is 18.4. The van der Waals surface area contributed by atoms with Gasteiger partial charge in [-0.15, -0.1) is 0 Å². The second-order valence-electron chi connectivity index (χ2n) is 10.3. The number of carbonyl (C=O) groups excluding carboxylic acids is 1. The van der Waals surface area contributed by atoms with Crippen LogP contribution in [-0.2, 0) is 0 Å². The van der Waals surface area contributed by atoms with E-state index in [0.717, 1.165) is 36.1 Å². The van der Waals surface area contributed by atoms with Gasteiger partial charge in [0.2, 0.25) is 0 Å². The molecule has 4 aromatic heterocycles. The Bertz CT molecular complexity index is 1650. The van der Waals surface area contributed by atoms with Crippen LogP contribution in [0.2, 0.25) is 0 Å². The average molecular weight is 537 g/mol. The van der Waals surface area contributed by atoms with Crippen molar-refractivity contribution in [2.24, 2.45) is 0 Å². The van der Waals surface area contributed by atoms with Crippen molar-refractivity contribution in [1.82, 2.24) is 28.8 Å². The van der Waals surface area contributed by atoms with Crippen molar-refractivity contribution in [3.8, 4) is 0 Å². The average Bonchev–Trinajstić information content (AvgIpc) is 3.34. The highest BCUT2D eigenvalue weighted by Gasteiger charge is 2.30. The van der Waals surface area contributed by atoms with Crippen LogP contribution in [0.3, 0.4) is 0 Å². The van der Waals surface area contributed by atoms with Gasteiger partial charge in [0.15, 0.2) is 0 Å². The summed E-state index contributed by atoms with van der Waals surface area (Å²) in [5.41, 5.74) is 1.53. The molecular formula is C27H29FN6O3S. The lowest BCUT2D eigenvalue weighted by Gasteiger charge is -2.31. The van der Waals surface area contributed by atoms with E-state index in [9.17, 15) is 18.8 Å². The number of aromatic nitrogens is 5. The first kappa shape index (κ1) is 24.8. The molecule has 1 aliphatic carbocycles. The van der Waals surface area contributed by atoms with Crippen LogP contribution in [0.15, 0.2) is 46.4 Å². The summed E-state index contributed by atoms with van der Waals surface area (Å²) in [6.07, 6.45) is 8.61. The number of hydrogen-bond donors (Lipinski definition) is 1. The molecule has 4 aromatic rings. The van der Waals surface area contributed by atoms with Crippen LogP contribution >= 0.6 is 11.8 Å². The monoisotopic (exact) mass is 536 g/mol. The summed E-state index contributed by atoms with van der Waals surface area (Å²) in [7, 11) is 0. The Morgan fingerprint density at radius 1 is 1.05 bits per heavy atom. The Morgan fingerprint density at radius 2 is 1.79 bits per heavy atom. The SMILES string of the molecule is Cc1ccn2cc(C(=O)NC3CCC(n4c(=O)c5cc(F)cnc5n(C5CCSCC5)c4=O)CC3)nc2c1. The molecule has 1 aliphatic heterocycles. The van der Waals surface area contributed by atoms with Gasteiger partial charge in [0.05, 0.1) is 11.6 Å². The number of carbonyl (C=O) groups is 1. The van der Waals surface area contributed by atoms with E-state index < -0.39 is 11.4 Å². The molecule has 9 nitrogen and oxygen atoms in total. The predicted octanol–water partition coefficient (Wildman–Crippen LogP) is 3.64. The number of nitrogens with zero attached hydrogens (tertiary/aromatic N) is 5. The third-order valence-corrected chi connectivity index (χ3v) is 8.77. The number of thioether (sulfide) groups is 1. The first-order valence-corrected chi connectivity index (χ1v) is 14.2. The molecule has 198 valence electrons. The van der Waals surface area contributed by atoms with Gasteiger partial charge in [-0.2, -0.15) is 11.8 Å². The zero-order chi connectivity index (χ0) is 26.4. The molecule has 1 saturated carbocycles. The van der Waals surface area contributed by atoms with Gasteiger partial charge in [0, 0.05) is 30.5 Å². The van der Waals surface area contributed by atoms with E-state index in [0.29, 0.717) is 37.0 Å². The number of pyridine rings is 2. The van der Waals surface area contributed by atoms with Crippen LogP contribution in [-0.4, -0.2) is 47.0 Å². The lowest BCUT2D eigenvalue weighted by atomic mass is 9.90. The van der Waals surface area contributed by atoms with Gasteiger partial charge in [0.1, 0.15) is 22.8 Å². The molecule has 0 aromatic carbocycles. The van der Waals surface area contributed by atoms with Crippen LogP contribution in [0.25, 0.3) is 16.7 Å². The molecule has 0 spiro atoms. The summed E-state index contributed by atoms with van der Waals surface area (Å²) >= 11 is 1.84. The molecule has 2 aliphatic rings. The largest absolute Gasteiger partial charge is 0.348 e. The van der Waals surface area contributed by atoms with Gasteiger partial charge >= 0.3 is 5.69 Å². The maximum atomic E-state index is 14.1. The molecule has 5 heterocycles. The zero-order valence-electron chi connectivity index (χ0n) is 21.1. The molecule has 2 fully saturated rings. The number of rotatable bonds is 4. The highest BCUT2D eigenvalue weighted by atomic mass is 32.2. The van der Waals surface area contributed by atoms with Gasteiger partial charge in [-0.1, -0.05) is 0 Å². The predicted molar refractivity (Wildman–Crippen MR) is 145 cm³/mol. The topological polar surface area (TPSA) is 103 Å². The first-order valence-electron chi connectivity index (χ1n) is 13.1. The number of fused-ring (bicyclic) bond motifs is 2.